The van der Waals surface area contributed by atoms with Crippen molar-refractivity contribution >= 4 is 0 Å². The normalized spacial score (nSPS) is 0. The van der Waals surface area contributed by atoms with Gasteiger partial charge in [0.2, 0.25) is 0 Å². The van der Waals surface area contributed by atoms with Crippen molar-refractivity contribution in [3.8, 4) is 0 Å². The largest absolute Gasteiger partial charge is 0 e. The molecule has 23 valence electrons. The van der Waals surface area contributed by atoms with Gasteiger partial charge in [-0.15, -0.1) is 0 Å². The fourth-order valence-electron chi connectivity index (χ4n) is 0. The molecule has 0 spiro atoms. The van der Waals surface area contributed by atoms with Gasteiger partial charge in [-0.25, -0.2) is 0 Å². The molecule has 0 rings (SSSR count). The Hall–Kier alpha value is 3.90. The molecule has 0 fully saturated rings. The van der Waals surface area contributed by atoms with E-state index < -0.39 is 0 Å². The second-order valence-electron chi connectivity index (χ2n) is 0. The summed E-state index contributed by atoms with van der Waals surface area (Å²) in [6, 6.07) is 0. The molecule has 0 aromatic heterocycles. The summed E-state index contributed by atoms with van der Waals surface area (Å²) in [6.45, 7) is 0. The molecule has 1 radical (unpaired) electrons. The average Bonchev–Trinajstić information content (AvgIpc) is 0. The minimum Gasteiger partial charge on any atom is 0 e. The van der Waals surface area contributed by atoms with Crippen molar-refractivity contribution in [2.45, 2.75) is 0 Å². The summed E-state index contributed by atoms with van der Waals surface area (Å²) in [5.74, 6) is 0. The van der Waals surface area contributed by atoms with E-state index in [0.29, 0.717) is 0 Å². The summed E-state index contributed by atoms with van der Waals surface area (Å²) >= 11 is 0. The van der Waals surface area contributed by atoms with Gasteiger partial charge in [0.25, 0.3) is 0 Å². The Morgan fingerprint density at radius 1 is 1.00 bits per heavy atom. The summed E-state index contributed by atoms with van der Waals surface area (Å²) in [7, 11) is 0. The van der Waals surface area contributed by atoms with Crippen molar-refractivity contribution in [2.75, 3.05) is 0 Å². The molecule has 0 saturated heterocycles. The Morgan fingerprint density at radius 3 is 1.00 bits per heavy atom. The van der Waals surface area contributed by atoms with E-state index >= 15 is 0 Å². The van der Waals surface area contributed by atoms with Gasteiger partial charge in [0.1, 0.15) is 0 Å². The first-order chi connectivity index (χ1) is 0. The van der Waals surface area contributed by atoms with Crippen LogP contribution < -0.4 is 0 Å². The van der Waals surface area contributed by atoms with Crippen molar-refractivity contribution in [2.24, 2.45) is 0 Å². The van der Waals surface area contributed by atoms with Crippen LogP contribution in [0.25, 0.3) is 0 Å². The third-order valence-electron chi connectivity index (χ3n) is 0. The first kappa shape index (κ1) is 36.5. The first-order valence-corrected chi connectivity index (χ1v) is 0. The molecule has 0 bridgehead atoms. The van der Waals surface area contributed by atoms with Crippen molar-refractivity contribution < 1.29 is 117 Å². The van der Waals surface area contributed by atoms with Gasteiger partial charge in [-0.05, 0) is 0 Å². The second-order valence-corrected chi connectivity index (χ2v) is 0. The molecule has 0 atom stereocenters. The third-order valence-corrected chi connectivity index (χ3v) is 0. The minimum absolute atomic E-state index is 0. The Bertz CT molecular complexity index is 11.6. The SMILES string of the molecule is [Hf].[Mo].[Nb].[Ti].[Zr]. The molecule has 0 unspecified atom stereocenters. The molecule has 0 aromatic carbocycles. The van der Waals surface area contributed by atoms with Gasteiger partial charge in [0.15, 0.2) is 0 Å². The predicted octanol–water partition coefficient (Wildman–Crippen LogP) is -0.0125. The Morgan fingerprint density at radius 2 is 1.00 bits per heavy atom. The summed E-state index contributed by atoms with van der Waals surface area (Å²) in [5.41, 5.74) is 0. The quantitative estimate of drug-likeness (QED) is 0.406. The Balaban J connectivity index is 0. The smallest absolute Gasteiger partial charge is 0 e. The summed E-state index contributed by atoms with van der Waals surface area (Å²) in [6.07, 6.45) is 0. The maximum Gasteiger partial charge on any atom is 0 e. The average molecular weight is 506 g/mol. The molecule has 0 heterocycles. The fraction of sp³-hybridized carbons (Fsp3) is 0. The second kappa shape index (κ2) is 24.7. The van der Waals surface area contributed by atoms with E-state index in [1.54, 1.807) is 0 Å². The Labute approximate surface area is 115 Å². The van der Waals surface area contributed by atoms with Crippen LogP contribution in [0.3, 0.4) is 0 Å². The van der Waals surface area contributed by atoms with E-state index in [1.807, 2.05) is 0 Å². The number of rotatable bonds is 0. The van der Waals surface area contributed by atoms with Crippen LogP contribution in [0.15, 0.2) is 0 Å². The van der Waals surface area contributed by atoms with Crippen LogP contribution in [0, 0.1) is 0 Å². The first-order valence-electron chi connectivity index (χ1n) is 0. The summed E-state index contributed by atoms with van der Waals surface area (Å²) in [5, 5.41) is 0. The van der Waals surface area contributed by atoms with E-state index in [4.69, 9.17) is 0 Å². The van der Waals surface area contributed by atoms with E-state index in [2.05, 4.69) is 0 Å². The zero-order chi connectivity index (χ0) is 0. The van der Waals surface area contributed by atoms with E-state index in [9.17, 15) is 0 Å². The molecular formula is HfMoNbTiZr. The van der Waals surface area contributed by atoms with Crippen molar-refractivity contribution in [1.29, 1.82) is 0 Å². The molecule has 0 aliphatic carbocycles. The topological polar surface area (TPSA) is 0 Å². The molecule has 5 heteroatoms. The van der Waals surface area contributed by atoms with Crippen LogP contribution in [-0.4, -0.2) is 0 Å². The van der Waals surface area contributed by atoms with E-state index in [0.717, 1.165) is 0 Å². The molecule has 0 aliphatic heterocycles. The summed E-state index contributed by atoms with van der Waals surface area (Å²) in [4.78, 5) is 0. The zero-order valence-corrected chi connectivity index (χ0v) is 14.2. The van der Waals surface area contributed by atoms with Crippen LogP contribution in [0.2, 0.25) is 0 Å². The number of hydrogen-bond acceptors (Lipinski definition) is 0. The maximum absolute atomic E-state index is 0. The van der Waals surface area contributed by atoms with Gasteiger partial charge >= 0.3 is 0 Å². The van der Waals surface area contributed by atoms with Gasteiger partial charge in [-0.1, -0.05) is 0 Å². The van der Waals surface area contributed by atoms with Gasteiger partial charge < -0.3 is 0 Å². The Kier molecular flexibility index (Phi) is 181. The van der Waals surface area contributed by atoms with Crippen LogP contribution in [-0.2, 0) is 117 Å². The van der Waals surface area contributed by atoms with Crippen LogP contribution in [0.5, 0.6) is 0 Å². The van der Waals surface area contributed by atoms with Crippen LogP contribution >= 0.6 is 0 Å². The van der Waals surface area contributed by atoms with Crippen LogP contribution in [0.1, 0.15) is 0 Å². The van der Waals surface area contributed by atoms with E-state index in [1.165, 1.54) is 0 Å². The van der Waals surface area contributed by atoms with Gasteiger partial charge in [0.05, 0.1) is 0 Å². The van der Waals surface area contributed by atoms with E-state index in [-0.39, 0.29) is 117 Å². The van der Waals surface area contributed by atoms with Gasteiger partial charge in [0, 0.05) is 117 Å². The monoisotopic (exact) mass is 509 g/mol. The molecule has 0 nitrogen and oxygen atoms in total. The van der Waals surface area contributed by atoms with Crippen LogP contribution in [0.4, 0.5) is 0 Å². The van der Waals surface area contributed by atoms with Gasteiger partial charge in [-0.3, -0.25) is 0 Å². The predicted molar refractivity (Wildman–Crippen MR) is 0 cm³/mol. The molecular weight excluding hydrogens is 506 g/mol. The van der Waals surface area contributed by atoms with Crippen molar-refractivity contribution in [3.63, 3.8) is 0 Å². The van der Waals surface area contributed by atoms with Crippen molar-refractivity contribution in [3.05, 3.63) is 0 Å². The molecule has 0 amide bonds. The summed E-state index contributed by atoms with van der Waals surface area (Å²) < 4.78 is 0. The fourth-order valence-corrected chi connectivity index (χ4v) is 0. The maximum atomic E-state index is 0. The van der Waals surface area contributed by atoms with Crippen molar-refractivity contribution in [1.82, 2.24) is 0 Å². The molecule has 0 N–H and O–H groups in total. The molecule has 0 aliphatic rings. The van der Waals surface area contributed by atoms with Gasteiger partial charge in [-0.2, -0.15) is 0 Å². The molecule has 5 heavy (non-hydrogen) atoms. The number of hydrogen-bond donors (Lipinski definition) is 0. The standard InChI is InChI=1S/Hf.Mo.Nb.Ti.Zr. The third kappa shape index (κ3) is 18.1. The zero-order valence-electron chi connectivity index (χ0n) is 2.36. The minimum atomic E-state index is 0. The molecule has 0 aromatic rings. The molecule has 0 saturated carbocycles.